The fraction of sp³-hybridized carbons (Fsp3) is 0.400. The second-order valence-electron chi connectivity index (χ2n) is 7.17. The molecule has 1 amide bonds. The van der Waals surface area contributed by atoms with Gasteiger partial charge in [0.1, 0.15) is 5.82 Å². The minimum absolute atomic E-state index is 0.125. The molecule has 7 nitrogen and oxygen atoms in total. The highest BCUT2D eigenvalue weighted by Crippen LogP contribution is 2.18. The van der Waals surface area contributed by atoms with Gasteiger partial charge in [0.05, 0.1) is 17.1 Å². The molecule has 0 spiro atoms. The summed E-state index contributed by atoms with van der Waals surface area (Å²) in [6.07, 6.45) is 3.18. The first-order chi connectivity index (χ1) is 13.2. The zero-order chi connectivity index (χ0) is 20.3. The molecular weight excluding hydrogens is 378 g/mol. The Balaban J connectivity index is 1.61. The zero-order valence-electron chi connectivity index (χ0n) is 16.3. The zero-order valence-corrected chi connectivity index (χ0v) is 17.1. The van der Waals surface area contributed by atoms with Crippen molar-refractivity contribution in [3.63, 3.8) is 0 Å². The van der Waals surface area contributed by atoms with E-state index >= 15 is 0 Å². The second-order valence-corrected chi connectivity index (χ2v) is 9.19. The van der Waals surface area contributed by atoms with Gasteiger partial charge in [0.2, 0.25) is 0 Å². The summed E-state index contributed by atoms with van der Waals surface area (Å²) in [6, 6.07) is 9.88. The lowest BCUT2D eigenvalue weighted by Gasteiger charge is -2.36. The van der Waals surface area contributed by atoms with Crippen LogP contribution in [0.3, 0.4) is 0 Å². The number of nitrogens with zero attached hydrogens (tertiary/aromatic N) is 2. The maximum absolute atomic E-state index is 12.3. The minimum atomic E-state index is -3.35. The van der Waals surface area contributed by atoms with Crippen molar-refractivity contribution in [2.45, 2.75) is 37.5 Å². The van der Waals surface area contributed by atoms with Crippen LogP contribution < -0.4 is 10.2 Å². The highest BCUT2D eigenvalue weighted by molar-refractivity contribution is 7.90. The maximum atomic E-state index is 12.3. The van der Waals surface area contributed by atoms with E-state index in [1.54, 1.807) is 18.3 Å². The summed E-state index contributed by atoms with van der Waals surface area (Å²) < 4.78 is 29.0. The number of ether oxygens (including phenoxy) is 1. The molecule has 0 saturated carbocycles. The van der Waals surface area contributed by atoms with E-state index in [1.807, 2.05) is 26.0 Å². The van der Waals surface area contributed by atoms with Crippen molar-refractivity contribution in [3.8, 4) is 0 Å². The van der Waals surface area contributed by atoms with E-state index in [0.29, 0.717) is 12.1 Å². The third kappa shape index (κ3) is 5.08. The predicted molar refractivity (Wildman–Crippen MR) is 107 cm³/mol. The highest BCUT2D eigenvalue weighted by Gasteiger charge is 2.23. The number of pyridine rings is 1. The highest BCUT2D eigenvalue weighted by atomic mass is 32.2. The van der Waals surface area contributed by atoms with Gasteiger partial charge in [0.15, 0.2) is 9.84 Å². The van der Waals surface area contributed by atoms with Gasteiger partial charge in [0, 0.05) is 37.7 Å². The van der Waals surface area contributed by atoms with Crippen LogP contribution in [0, 0.1) is 0 Å². The smallest absolute Gasteiger partial charge is 0.251 e. The van der Waals surface area contributed by atoms with Gasteiger partial charge in [-0.05, 0) is 43.7 Å². The van der Waals surface area contributed by atoms with Gasteiger partial charge in [-0.2, -0.15) is 0 Å². The van der Waals surface area contributed by atoms with Crippen LogP contribution in [-0.2, 0) is 21.1 Å². The van der Waals surface area contributed by atoms with Gasteiger partial charge in [-0.1, -0.05) is 12.1 Å². The molecular formula is C20H25N3O4S. The van der Waals surface area contributed by atoms with Crippen LogP contribution in [0.25, 0.3) is 0 Å². The molecule has 2 unspecified atom stereocenters. The number of carbonyl (C=O) groups excluding carboxylic acids is 1. The first kappa shape index (κ1) is 20.3. The van der Waals surface area contributed by atoms with E-state index in [4.69, 9.17) is 4.74 Å². The standard InChI is InChI=1S/C20H25N3O4S/c1-14-12-23(13-15(2)27-14)19-8-7-16(10-21-19)11-22-20(24)17-5-4-6-18(9-17)28(3,25)26/h4-10,14-15H,11-13H2,1-3H3,(H,22,24). The quantitative estimate of drug-likeness (QED) is 0.822. The molecule has 2 atom stereocenters. The summed E-state index contributed by atoms with van der Waals surface area (Å²) >= 11 is 0. The third-order valence-corrected chi connectivity index (χ3v) is 5.64. The molecule has 1 aromatic heterocycles. The largest absolute Gasteiger partial charge is 0.372 e. The van der Waals surface area contributed by atoms with Crippen LogP contribution in [0.4, 0.5) is 5.82 Å². The molecule has 2 heterocycles. The second kappa shape index (κ2) is 8.28. The number of morpholine rings is 1. The van der Waals surface area contributed by atoms with Crippen molar-refractivity contribution in [2.75, 3.05) is 24.2 Å². The van der Waals surface area contributed by atoms with Crippen LogP contribution in [0.2, 0.25) is 0 Å². The topological polar surface area (TPSA) is 88.6 Å². The number of hydrogen-bond acceptors (Lipinski definition) is 6. The van der Waals surface area contributed by atoms with Crippen molar-refractivity contribution >= 4 is 21.6 Å². The van der Waals surface area contributed by atoms with Crippen LogP contribution in [-0.4, -0.2) is 50.9 Å². The molecule has 150 valence electrons. The first-order valence-electron chi connectivity index (χ1n) is 9.16. The van der Waals surface area contributed by atoms with Crippen molar-refractivity contribution < 1.29 is 17.9 Å². The normalized spacial score (nSPS) is 20.0. The number of rotatable bonds is 5. The number of hydrogen-bond donors (Lipinski definition) is 1. The molecule has 3 rings (SSSR count). The summed E-state index contributed by atoms with van der Waals surface area (Å²) in [5.74, 6) is 0.559. The number of anilines is 1. The number of nitrogens with one attached hydrogen (secondary N) is 1. The molecule has 0 radical (unpaired) electrons. The molecule has 0 aliphatic carbocycles. The molecule has 8 heteroatoms. The summed E-state index contributed by atoms with van der Waals surface area (Å²) in [6.45, 7) is 6.00. The Bertz CT molecular complexity index is 934. The van der Waals surface area contributed by atoms with Crippen molar-refractivity contribution in [1.82, 2.24) is 10.3 Å². The van der Waals surface area contributed by atoms with E-state index in [1.165, 1.54) is 12.1 Å². The maximum Gasteiger partial charge on any atom is 0.251 e. The summed E-state index contributed by atoms with van der Waals surface area (Å²) in [7, 11) is -3.35. The lowest BCUT2D eigenvalue weighted by Crippen LogP contribution is -2.45. The molecule has 1 aliphatic rings. The third-order valence-electron chi connectivity index (χ3n) is 4.53. The number of carbonyl (C=O) groups is 1. The lowest BCUT2D eigenvalue weighted by molar-refractivity contribution is -0.00546. The summed E-state index contributed by atoms with van der Waals surface area (Å²) in [5, 5.41) is 2.80. The lowest BCUT2D eigenvalue weighted by atomic mass is 10.2. The number of aromatic nitrogens is 1. The molecule has 1 saturated heterocycles. The van der Waals surface area contributed by atoms with E-state index in [9.17, 15) is 13.2 Å². The molecule has 28 heavy (non-hydrogen) atoms. The Kier molecular flexibility index (Phi) is 6.00. The summed E-state index contributed by atoms with van der Waals surface area (Å²) in [5.41, 5.74) is 1.18. The predicted octanol–water partition coefficient (Wildman–Crippen LogP) is 2.03. The van der Waals surface area contributed by atoms with E-state index in [0.717, 1.165) is 30.7 Å². The monoisotopic (exact) mass is 403 g/mol. The van der Waals surface area contributed by atoms with Gasteiger partial charge in [-0.3, -0.25) is 4.79 Å². The fourth-order valence-corrected chi connectivity index (χ4v) is 3.89. The molecule has 0 bridgehead atoms. The van der Waals surface area contributed by atoms with E-state index in [-0.39, 0.29) is 23.0 Å². The number of benzene rings is 1. The molecule has 1 fully saturated rings. The Morgan fingerprint density at radius 2 is 1.93 bits per heavy atom. The van der Waals surface area contributed by atoms with Crippen LogP contribution in [0.5, 0.6) is 0 Å². The molecule has 1 N–H and O–H groups in total. The number of sulfone groups is 1. The molecule has 1 aliphatic heterocycles. The average molecular weight is 404 g/mol. The van der Waals surface area contributed by atoms with Gasteiger partial charge >= 0.3 is 0 Å². The Morgan fingerprint density at radius 3 is 2.54 bits per heavy atom. The van der Waals surface area contributed by atoms with Crippen molar-refractivity contribution in [3.05, 3.63) is 53.7 Å². The Hall–Kier alpha value is -2.45. The number of amides is 1. The van der Waals surface area contributed by atoms with E-state index in [2.05, 4.69) is 15.2 Å². The van der Waals surface area contributed by atoms with Crippen molar-refractivity contribution in [1.29, 1.82) is 0 Å². The van der Waals surface area contributed by atoms with Crippen LogP contribution >= 0.6 is 0 Å². The molecule has 2 aromatic rings. The van der Waals surface area contributed by atoms with Crippen LogP contribution in [0.15, 0.2) is 47.5 Å². The summed E-state index contributed by atoms with van der Waals surface area (Å²) in [4.78, 5) is 19.2. The fourth-order valence-electron chi connectivity index (χ4n) is 3.23. The van der Waals surface area contributed by atoms with Crippen molar-refractivity contribution in [2.24, 2.45) is 0 Å². The average Bonchev–Trinajstić information content (AvgIpc) is 2.65. The van der Waals surface area contributed by atoms with Gasteiger partial charge in [0.25, 0.3) is 5.91 Å². The SMILES string of the molecule is CC1CN(c2ccc(CNC(=O)c3cccc(S(C)(=O)=O)c3)cn2)CC(C)O1. The first-order valence-corrected chi connectivity index (χ1v) is 11.0. The van der Waals surface area contributed by atoms with Gasteiger partial charge in [-0.25, -0.2) is 13.4 Å². The van der Waals surface area contributed by atoms with Gasteiger partial charge in [-0.15, -0.1) is 0 Å². The van der Waals surface area contributed by atoms with Crippen LogP contribution in [0.1, 0.15) is 29.8 Å². The Labute approximate surface area is 165 Å². The molecule has 1 aromatic carbocycles. The van der Waals surface area contributed by atoms with Gasteiger partial charge < -0.3 is 15.0 Å². The Morgan fingerprint density at radius 1 is 1.21 bits per heavy atom. The van der Waals surface area contributed by atoms with E-state index < -0.39 is 9.84 Å². The minimum Gasteiger partial charge on any atom is -0.372 e.